The van der Waals surface area contributed by atoms with Crippen molar-refractivity contribution in [2.75, 3.05) is 7.11 Å². The van der Waals surface area contributed by atoms with Crippen LogP contribution < -0.4 is 4.74 Å². The molecule has 13 heavy (non-hydrogen) atoms. The average molecular weight is 245 g/mol. The van der Waals surface area contributed by atoms with Crippen LogP contribution in [-0.2, 0) is 0 Å². The van der Waals surface area contributed by atoms with Crippen LogP contribution in [0.2, 0.25) is 0 Å². The van der Waals surface area contributed by atoms with E-state index in [1.54, 1.807) is 13.2 Å². The molecule has 1 aromatic rings. The Balaban J connectivity index is 3.27. The van der Waals surface area contributed by atoms with E-state index in [9.17, 15) is 5.11 Å². The van der Waals surface area contributed by atoms with E-state index in [4.69, 9.17) is 4.74 Å². The molecule has 0 aliphatic carbocycles. The molecule has 0 unspecified atom stereocenters. The Bertz CT molecular complexity index is 308. The Hall–Kier alpha value is -0.700. The van der Waals surface area contributed by atoms with E-state index in [0.29, 0.717) is 5.75 Å². The Labute approximate surface area is 86.7 Å². The predicted octanol–water partition coefficient (Wildman–Crippen LogP) is 3.29. The van der Waals surface area contributed by atoms with Crippen LogP contribution in [0, 0.1) is 0 Å². The second-order valence-corrected chi connectivity index (χ2v) is 4.12. The van der Waals surface area contributed by atoms with E-state index in [1.165, 1.54) is 0 Å². The minimum atomic E-state index is 0.237. The standard InChI is InChI=1S/C10H13BrO2/c1-6(2)8-4-7(11)5-9(13-3)10(8)12/h4-6,12H,1-3H3. The summed E-state index contributed by atoms with van der Waals surface area (Å²) in [5, 5.41) is 9.74. The average Bonchev–Trinajstić information content (AvgIpc) is 2.08. The van der Waals surface area contributed by atoms with Crippen LogP contribution in [0.25, 0.3) is 0 Å². The molecule has 2 nitrogen and oxygen atoms in total. The quantitative estimate of drug-likeness (QED) is 0.866. The van der Waals surface area contributed by atoms with Crippen molar-refractivity contribution in [2.45, 2.75) is 19.8 Å². The number of benzene rings is 1. The van der Waals surface area contributed by atoms with Gasteiger partial charge in [-0.05, 0) is 18.1 Å². The van der Waals surface area contributed by atoms with Crippen LogP contribution in [0.15, 0.2) is 16.6 Å². The highest BCUT2D eigenvalue weighted by molar-refractivity contribution is 9.10. The number of rotatable bonds is 2. The lowest BCUT2D eigenvalue weighted by Crippen LogP contribution is -1.92. The maximum absolute atomic E-state index is 9.74. The zero-order chi connectivity index (χ0) is 10.0. The van der Waals surface area contributed by atoms with E-state index in [2.05, 4.69) is 15.9 Å². The van der Waals surface area contributed by atoms with Crippen LogP contribution in [0.5, 0.6) is 11.5 Å². The van der Waals surface area contributed by atoms with Crippen molar-refractivity contribution >= 4 is 15.9 Å². The molecule has 1 aromatic carbocycles. The summed E-state index contributed by atoms with van der Waals surface area (Å²) in [6.45, 7) is 4.06. The molecular formula is C10H13BrO2. The lowest BCUT2D eigenvalue weighted by atomic mass is 10.0. The van der Waals surface area contributed by atoms with Gasteiger partial charge in [0, 0.05) is 10.0 Å². The third kappa shape index (κ3) is 2.15. The van der Waals surface area contributed by atoms with Crippen molar-refractivity contribution in [1.29, 1.82) is 0 Å². The number of ether oxygens (including phenoxy) is 1. The molecule has 72 valence electrons. The Kier molecular flexibility index (Phi) is 3.20. The molecule has 0 aliphatic heterocycles. The smallest absolute Gasteiger partial charge is 0.161 e. The summed E-state index contributed by atoms with van der Waals surface area (Å²) in [4.78, 5) is 0. The van der Waals surface area contributed by atoms with Gasteiger partial charge in [0.15, 0.2) is 11.5 Å². The van der Waals surface area contributed by atoms with Crippen molar-refractivity contribution in [3.8, 4) is 11.5 Å². The molecule has 0 fully saturated rings. The highest BCUT2D eigenvalue weighted by atomic mass is 79.9. The van der Waals surface area contributed by atoms with Gasteiger partial charge in [-0.3, -0.25) is 0 Å². The highest BCUT2D eigenvalue weighted by Crippen LogP contribution is 2.37. The number of hydrogen-bond acceptors (Lipinski definition) is 2. The SMILES string of the molecule is COc1cc(Br)cc(C(C)C)c1O. The van der Waals surface area contributed by atoms with Crippen molar-refractivity contribution in [3.05, 3.63) is 22.2 Å². The summed E-state index contributed by atoms with van der Waals surface area (Å²) >= 11 is 3.37. The molecule has 3 heteroatoms. The molecule has 0 heterocycles. The van der Waals surface area contributed by atoms with Crippen LogP contribution >= 0.6 is 15.9 Å². The second-order valence-electron chi connectivity index (χ2n) is 3.20. The first-order valence-corrected chi connectivity index (χ1v) is 4.92. The molecule has 0 bridgehead atoms. The molecule has 0 amide bonds. The molecule has 0 saturated heterocycles. The lowest BCUT2D eigenvalue weighted by molar-refractivity contribution is 0.369. The van der Waals surface area contributed by atoms with Crippen LogP contribution in [0.1, 0.15) is 25.3 Å². The molecule has 0 atom stereocenters. The maximum Gasteiger partial charge on any atom is 0.161 e. The summed E-state index contributed by atoms with van der Waals surface area (Å²) in [7, 11) is 1.55. The van der Waals surface area contributed by atoms with E-state index in [-0.39, 0.29) is 11.7 Å². The Morgan fingerprint density at radius 3 is 2.46 bits per heavy atom. The van der Waals surface area contributed by atoms with Crippen LogP contribution in [-0.4, -0.2) is 12.2 Å². The zero-order valence-electron chi connectivity index (χ0n) is 7.97. The van der Waals surface area contributed by atoms with Gasteiger partial charge in [-0.1, -0.05) is 29.8 Å². The number of methoxy groups -OCH3 is 1. The van der Waals surface area contributed by atoms with Crippen LogP contribution in [0.3, 0.4) is 0 Å². The topological polar surface area (TPSA) is 29.5 Å². The lowest BCUT2D eigenvalue weighted by Gasteiger charge is -2.12. The second kappa shape index (κ2) is 4.01. The Morgan fingerprint density at radius 1 is 1.38 bits per heavy atom. The molecule has 0 aromatic heterocycles. The maximum atomic E-state index is 9.74. The fourth-order valence-electron chi connectivity index (χ4n) is 1.19. The van der Waals surface area contributed by atoms with Gasteiger partial charge in [-0.2, -0.15) is 0 Å². The van der Waals surface area contributed by atoms with Gasteiger partial charge in [0.2, 0.25) is 0 Å². The minimum absolute atomic E-state index is 0.237. The molecule has 0 saturated carbocycles. The Morgan fingerprint density at radius 2 is 2.00 bits per heavy atom. The first-order valence-electron chi connectivity index (χ1n) is 4.12. The van der Waals surface area contributed by atoms with Crippen molar-refractivity contribution < 1.29 is 9.84 Å². The van der Waals surface area contributed by atoms with Gasteiger partial charge in [0.05, 0.1) is 7.11 Å². The van der Waals surface area contributed by atoms with E-state index < -0.39 is 0 Å². The zero-order valence-corrected chi connectivity index (χ0v) is 9.55. The number of hydrogen-bond donors (Lipinski definition) is 1. The first-order chi connectivity index (χ1) is 6.06. The highest BCUT2D eigenvalue weighted by Gasteiger charge is 2.11. The fourth-order valence-corrected chi connectivity index (χ4v) is 1.64. The summed E-state index contributed by atoms with van der Waals surface area (Å²) in [6.07, 6.45) is 0. The van der Waals surface area contributed by atoms with Crippen molar-refractivity contribution in [1.82, 2.24) is 0 Å². The van der Waals surface area contributed by atoms with Gasteiger partial charge >= 0.3 is 0 Å². The molecule has 0 spiro atoms. The summed E-state index contributed by atoms with van der Waals surface area (Å²) < 4.78 is 5.96. The van der Waals surface area contributed by atoms with E-state index >= 15 is 0 Å². The summed E-state index contributed by atoms with van der Waals surface area (Å²) in [5.41, 5.74) is 0.895. The molecular weight excluding hydrogens is 232 g/mol. The first kappa shape index (κ1) is 10.4. The monoisotopic (exact) mass is 244 g/mol. The van der Waals surface area contributed by atoms with Gasteiger partial charge in [-0.25, -0.2) is 0 Å². The normalized spacial score (nSPS) is 10.5. The van der Waals surface area contributed by atoms with Gasteiger partial charge in [0.25, 0.3) is 0 Å². The molecule has 0 radical (unpaired) electrons. The van der Waals surface area contributed by atoms with Gasteiger partial charge in [-0.15, -0.1) is 0 Å². The largest absolute Gasteiger partial charge is 0.504 e. The van der Waals surface area contributed by atoms with E-state index in [0.717, 1.165) is 10.0 Å². The molecule has 1 rings (SSSR count). The van der Waals surface area contributed by atoms with Crippen molar-refractivity contribution in [3.63, 3.8) is 0 Å². The fraction of sp³-hybridized carbons (Fsp3) is 0.400. The number of phenolic OH excluding ortho intramolecular Hbond substituents is 1. The molecule has 0 aliphatic rings. The van der Waals surface area contributed by atoms with Crippen molar-refractivity contribution in [2.24, 2.45) is 0 Å². The predicted molar refractivity (Wildman–Crippen MR) is 56.4 cm³/mol. The number of halogens is 1. The minimum Gasteiger partial charge on any atom is -0.504 e. The third-order valence-electron chi connectivity index (χ3n) is 1.91. The summed E-state index contributed by atoms with van der Waals surface area (Å²) in [6, 6.07) is 3.66. The van der Waals surface area contributed by atoms with Gasteiger partial charge < -0.3 is 9.84 Å². The van der Waals surface area contributed by atoms with Gasteiger partial charge in [0.1, 0.15) is 0 Å². The number of phenols is 1. The van der Waals surface area contributed by atoms with E-state index in [1.807, 2.05) is 19.9 Å². The number of aromatic hydroxyl groups is 1. The summed E-state index contributed by atoms with van der Waals surface area (Å²) in [5.74, 6) is 1.03. The van der Waals surface area contributed by atoms with Crippen LogP contribution in [0.4, 0.5) is 0 Å². The third-order valence-corrected chi connectivity index (χ3v) is 2.37. The molecule has 1 N–H and O–H groups in total.